The van der Waals surface area contributed by atoms with Crippen LogP contribution in [0.15, 0.2) is 65.4 Å². The smallest absolute Gasteiger partial charge is 0.277 e. The molecular weight excluding hydrogens is 534 g/mol. The number of benzene rings is 2. The Morgan fingerprint density at radius 3 is 2.35 bits per heavy atom. The Balaban J connectivity index is 1.14. The van der Waals surface area contributed by atoms with E-state index in [0.29, 0.717) is 29.7 Å². The minimum absolute atomic E-state index is 0.126. The van der Waals surface area contributed by atoms with Gasteiger partial charge >= 0.3 is 0 Å². The molecule has 0 aliphatic carbocycles. The van der Waals surface area contributed by atoms with Gasteiger partial charge < -0.3 is 25.2 Å². The van der Waals surface area contributed by atoms with Crippen molar-refractivity contribution < 1.29 is 18.8 Å². The Kier molecular flexibility index (Phi) is 8.53. The van der Waals surface area contributed by atoms with Gasteiger partial charge in [0.1, 0.15) is 18.1 Å². The lowest BCUT2D eigenvalue weighted by molar-refractivity contribution is 0.101. The third-order valence-electron chi connectivity index (χ3n) is 6.22. The Morgan fingerprint density at radius 1 is 0.950 bits per heavy atom. The lowest BCUT2D eigenvalue weighted by Crippen LogP contribution is -2.25. The summed E-state index contributed by atoms with van der Waals surface area (Å²) in [5.74, 6) is 0.728. The molecule has 40 heavy (non-hydrogen) atoms. The molecule has 1 saturated heterocycles. The highest BCUT2D eigenvalue weighted by atomic mass is 35.5. The topological polar surface area (TPSA) is 135 Å². The highest BCUT2D eigenvalue weighted by Gasteiger charge is 2.16. The lowest BCUT2D eigenvalue weighted by Gasteiger charge is -2.15. The van der Waals surface area contributed by atoms with Crippen molar-refractivity contribution in [1.82, 2.24) is 20.0 Å². The average Bonchev–Trinajstić information content (AvgIpc) is 3.64. The number of hydrogen-bond donors (Lipinski definition) is 3. The zero-order valence-corrected chi connectivity index (χ0v) is 22.6. The Hall–Kier alpha value is -4.48. The molecular formula is C28H28ClN7O4. The van der Waals surface area contributed by atoms with Crippen molar-refractivity contribution in [3.05, 3.63) is 83.0 Å². The number of aromatic nitrogens is 3. The molecule has 0 spiro atoms. The Labute approximate surface area is 235 Å². The summed E-state index contributed by atoms with van der Waals surface area (Å²) in [7, 11) is 0. The number of ether oxygens (including phenoxy) is 1. The first kappa shape index (κ1) is 27.1. The van der Waals surface area contributed by atoms with Crippen LogP contribution in [0.2, 0.25) is 5.02 Å². The van der Waals surface area contributed by atoms with Crippen molar-refractivity contribution in [2.75, 3.05) is 42.2 Å². The quantitative estimate of drug-likeness (QED) is 0.240. The number of halogens is 1. The van der Waals surface area contributed by atoms with Crippen LogP contribution in [0.3, 0.4) is 0 Å². The number of carbonyl (C=O) groups is 2. The molecule has 4 aromatic rings. The van der Waals surface area contributed by atoms with Gasteiger partial charge in [0.05, 0.1) is 28.7 Å². The molecule has 12 heteroatoms. The largest absolute Gasteiger partial charge is 0.492 e. The van der Waals surface area contributed by atoms with E-state index < -0.39 is 11.8 Å². The number of nitrogens with zero attached hydrogens (tertiary/aromatic N) is 4. The second kappa shape index (κ2) is 12.6. The minimum atomic E-state index is -0.483. The van der Waals surface area contributed by atoms with Crippen LogP contribution >= 0.6 is 11.6 Å². The van der Waals surface area contributed by atoms with Gasteiger partial charge in [-0.1, -0.05) is 16.8 Å². The first-order valence-electron chi connectivity index (χ1n) is 12.8. The molecule has 2 amide bonds. The second-order valence-electron chi connectivity index (χ2n) is 9.27. The van der Waals surface area contributed by atoms with E-state index >= 15 is 0 Å². The molecule has 0 radical (unpaired) electrons. The number of nitrogens with one attached hydrogen (secondary N) is 3. The monoisotopic (exact) mass is 561 g/mol. The maximum Gasteiger partial charge on any atom is 0.277 e. The molecule has 206 valence electrons. The average molecular weight is 562 g/mol. The molecule has 3 heterocycles. The summed E-state index contributed by atoms with van der Waals surface area (Å²) >= 11 is 6.25. The van der Waals surface area contributed by atoms with Gasteiger partial charge in [-0.15, -0.1) is 0 Å². The van der Waals surface area contributed by atoms with Crippen LogP contribution < -0.4 is 20.7 Å². The lowest BCUT2D eigenvalue weighted by atomic mass is 10.1. The maximum atomic E-state index is 12.9. The SMILES string of the molecule is Cc1cc(C(=O)Nc2ccc(Cl)c(C(=O)Nc3cnc(Nc4ccc(OCCN5CCCC5)cc4)nc3)c2)no1. The molecule has 0 unspecified atom stereocenters. The highest BCUT2D eigenvalue weighted by Crippen LogP contribution is 2.23. The number of likely N-dealkylation sites (tertiary alicyclic amines) is 1. The van der Waals surface area contributed by atoms with E-state index in [-0.39, 0.29) is 16.3 Å². The van der Waals surface area contributed by atoms with Crippen LogP contribution in [0.5, 0.6) is 5.75 Å². The van der Waals surface area contributed by atoms with E-state index in [2.05, 4.69) is 36.0 Å². The van der Waals surface area contributed by atoms with Crippen molar-refractivity contribution in [1.29, 1.82) is 0 Å². The number of hydrogen-bond acceptors (Lipinski definition) is 9. The predicted molar refractivity (Wildman–Crippen MR) is 152 cm³/mol. The van der Waals surface area contributed by atoms with Gasteiger partial charge in [-0.05, 0) is 75.3 Å². The van der Waals surface area contributed by atoms with Crippen LogP contribution in [0.1, 0.15) is 39.4 Å². The van der Waals surface area contributed by atoms with Crippen molar-refractivity contribution >= 4 is 46.4 Å². The van der Waals surface area contributed by atoms with Gasteiger partial charge in [0.25, 0.3) is 11.8 Å². The van der Waals surface area contributed by atoms with Gasteiger partial charge in [-0.2, -0.15) is 0 Å². The zero-order chi connectivity index (χ0) is 27.9. The summed E-state index contributed by atoms with van der Waals surface area (Å²) in [6.07, 6.45) is 5.50. The number of rotatable bonds is 10. The number of amides is 2. The van der Waals surface area contributed by atoms with E-state index in [4.69, 9.17) is 20.9 Å². The standard InChI is InChI=1S/C28H28ClN7O4/c1-18-14-25(35-40-18)27(38)32-20-6-9-24(29)23(15-20)26(37)33-21-16-30-28(31-17-21)34-19-4-7-22(8-5-19)39-13-12-36-10-2-3-11-36/h4-9,14-17H,2-3,10-13H2,1H3,(H,32,38)(H,33,37)(H,30,31,34). The van der Waals surface area contributed by atoms with Crippen LogP contribution in [-0.2, 0) is 0 Å². The zero-order valence-electron chi connectivity index (χ0n) is 21.8. The van der Waals surface area contributed by atoms with Crippen molar-refractivity contribution in [3.8, 4) is 5.75 Å². The first-order chi connectivity index (χ1) is 19.4. The number of aryl methyl sites for hydroxylation is 1. The summed E-state index contributed by atoms with van der Waals surface area (Å²) in [5, 5.41) is 12.4. The summed E-state index contributed by atoms with van der Waals surface area (Å²) in [4.78, 5) is 36.2. The van der Waals surface area contributed by atoms with Gasteiger partial charge in [-0.3, -0.25) is 14.5 Å². The normalized spacial score (nSPS) is 13.2. The van der Waals surface area contributed by atoms with E-state index in [1.807, 2.05) is 24.3 Å². The molecule has 0 bridgehead atoms. The summed E-state index contributed by atoms with van der Waals surface area (Å²) in [6, 6.07) is 13.7. The molecule has 1 fully saturated rings. The minimum Gasteiger partial charge on any atom is -0.492 e. The van der Waals surface area contributed by atoms with Crippen molar-refractivity contribution in [2.45, 2.75) is 19.8 Å². The van der Waals surface area contributed by atoms with Crippen LogP contribution in [0.4, 0.5) is 23.0 Å². The maximum absolute atomic E-state index is 12.9. The Morgan fingerprint density at radius 2 is 1.65 bits per heavy atom. The molecule has 0 atom stereocenters. The first-order valence-corrected chi connectivity index (χ1v) is 13.2. The summed E-state index contributed by atoms with van der Waals surface area (Å²) < 4.78 is 10.8. The van der Waals surface area contributed by atoms with Gasteiger partial charge in [0, 0.05) is 24.0 Å². The third-order valence-corrected chi connectivity index (χ3v) is 6.55. The van der Waals surface area contributed by atoms with Gasteiger partial charge in [-0.25, -0.2) is 9.97 Å². The van der Waals surface area contributed by atoms with Crippen LogP contribution in [0.25, 0.3) is 0 Å². The van der Waals surface area contributed by atoms with Crippen LogP contribution in [-0.4, -0.2) is 58.1 Å². The number of anilines is 4. The molecule has 11 nitrogen and oxygen atoms in total. The van der Waals surface area contributed by atoms with Crippen LogP contribution in [0, 0.1) is 6.92 Å². The van der Waals surface area contributed by atoms with Crippen molar-refractivity contribution in [2.24, 2.45) is 0 Å². The van der Waals surface area contributed by atoms with E-state index in [9.17, 15) is 9.59 Å². The van der Waals surface area contributed by atoms with E-state index in [0.717, 1.165) is 31.1 Å². The third kappa shape index (κ3) is 7.13. The fraction of sp³-hybridized carbons (Fsp3) is 0.250. The molecule has 0 saturated carbocycles. The summed E-state index contributed by atoms with van der Waals surface area (Å²) in [5.41, 5.74) is 1.84. The number of carbonyl (C=O) groups excluding carboxylic acids is 2. The van der Waals surface area contributed by atoms with E-state index in [1.54, 1.807) is 13.0 Å². The predicted octanol–water partition coefficient (Wildman–Crippen LogP) is 5.15. The second-order valence-corrected chi connectivity index (χ2v) is 9.67. The fourth-order valence-corrected chi connectivity index (χ4v) is 4.37. The molecule has 5 rings (SSSR count). The highest BCUT2D eigenvalue weighted by molar-refractivity contribution is 6.34. The van der Waals surface area contributed by atoms with Crippen molar-refractivity contribution in [3.63, 3.8) is 0 Å². The van der Waals surface area contributed by atoms with Gasteiger partial charge in [0.15, 0.2) is 5.69 Å². The fourth-order valence-electron chi connectivity index (χ4n) is 4.16. The Bertz CT molecular complexity index is 1470. The molecule has 3 N–H and O–H groups in total. The molecule has 2 aromatic carbocycles. The van der Waals surface area contributed by atoms with Gasteiger partial charge in [0.2, 0.25) is 5.95 Å². The molecule has 1 aliphatic heterocycles. The molecule has 1 aliphatic rings. The molecule has 2 aromatic heterocycles. The summed E-state index contributed by atoms with van der Waals surface area (Å²) in [6.45, 7) is 5.59. The van der Waals surface area contributed by atoms with E-state index in [1.165, 1.54) is 43.4 Å².